The van der Waals surface area contributed by atoms with Crippen LogP contribution in [0.5, 0.6) is 5.75 Å². The van der Waals surface area contributed by atoms with Crippen LogP contribution in [0.15, 0.2) is 24.3 Å². The Balaban J connectivity index is 1.55. The third-order valence-electron chi connectivity index (χ3n) is 4.20. The van der Waals surface area contributed by atoms with E-state index in [1.165, 1.54) is 25.1 Å². The third-order valence-corrected chi connectivity index (χ3v) is 4.49. The zero-order valence-corrected chi connectivity index (χ0v) is 15.4. The summed E-state index contributed by atoms with van der Waals surface area (Å²) < 4.78 is 46.7. The van der Waals surface area contributed by atoms with E-state index in [4.69, 9.17) is 17.0 Å². The average Bonchev–Trinajstić information content (AvgIpc) is 3.37. The number of H-pyrrole nitrogens is 1. The van der Waals surface area contributed by atoms with E-state index in [2.05, 4.69) is 15.5 Å². The zero-order chi connectivity index (χ0) is 19.6. The lowest BCUT2D eigenvalue weighted by Crippen LogP contribution is -2.37. The van der Waals surface area contributed by atoms with Gasteiger partial charge in [0.05, 0.1) is 5.56 Å². The summed E-state index contributed by atoms with van der Waals surface area (Å²) in [5, 5.41) is 9.57. The largest absolute Gasteiger partial charge is 0.480 e. The summed E-state index contributed by atoms with van der Waals surface area (Å²) in [6, 6.07) is 5.17. The van der Waals surface area contributed by atoms with Gasteiger partial charge in [-0.15, -0.1) is 0 Å². The highest BCUT2D eigenvalue weighted by Gasteiger charge is 2.34. The molecule has 1 saturated carbocycles. The molecule has 0 spiro atoms. The first-order valence-corrected chi connectivity index (χ1v) is 8.94. The highest BCUT2D eigenvalue weighted by atomic mass is 32.1. The maximum Gasteiger partial charge on any atom is 0.419 e. The van der Waals surface area contributed by atoms with Gasteiger partial charge in [-0.05, 0) is 44.1 Å². The molecule has 1 fully saturated rings. The molecule has 1 aliphatic rings. The highest BCUT2D eigenvalue weighted by Crippen LogP contribution is 2.36. The number of aromatic amines is 1. The minimum Gasteiger partial charge on any atom is -0.480 e. The van der Waals surface area contributed by atoms with Gasteiger partial charge >= 0.3 is 6.18 Å². The fourth-order valence-electron chi connectivity index (χ4n) is 2.71. The second-order valence-corrected chi connectivity index (χ2v) is 6.73. The van der Waals surface area contributed by atoms with Gasteiger partial charge in [-0.1, -0.05) is 12.1 Å². The molecule has 1 heterocycles. The molecule has 0 bridgehead atoms. The lowest BCUT2D eigenvalue weighted by molar-refractivity contribution is -0.140. The number of ether oxygens (including phenoxy) is 1. The third kappa shape index (κ3) is 4.68. The number of halogens is 3. The Morgan fingerprint density at radius 3 is 2.81 bits per heavy atom. The molecule has 0 saturated heterocycles. The molecule has 1 aliphatic carbocycles. The van der Waals surface area contributed by atoms with Crippen LogP contribution in [-0.2, 0) is 17.4 Å². The van der Waals surface area contributed by atoms with Crippen molar-refractivity contribution in [2.24, 2.45) is 0 Å². The van der Waals surface area contributed by atoms with Crippen molar-refractivity contribution in [3.8, 4) is 5.75 Å². The molecule has 2 aromatic rings. The van der Waals surface area contributed by atoms with Crippen LogP contribution in [0.25, 0.3) is 0 Å². The Morgan fingerprint density at radius 2 is 2.15 bits per heavy atom. The van der Waals surface area contributed by atoms with Gasteiger partial charge in [-0.2, -0.15) is 18.3 Å². The van der Waals surface area contributed by atoms with Crippen LogP contribution in [0.3, 0.4) is 0 Å². The number of hydrogen-bond donors (Lipinski definition) is 2. The van der Waals surface area contributed by atoms with E-state index in [0.717, 1.165) is 24.7 Å². The molecule has 1 aromatic carbocycles. The predicted molar refractivity (Wildman–Crippen MR) is 93.9 cm³/mol. The van der Waals surface area contributed by atoms with Gasteiger partial charge in [0.1, 0.15) is 11.6 Å². The maximum atomic E-state index is 13.0. The number of aromatic nitrogens is 3. The summed E-state index contributed by atoms with van der Waals surface area (Å²) >= 11 is 5.19. The number of carbonyl (C=O) groups is 1. The quantitative estimate of drug-likeness (QED) is 0.699. The minimum absolute atomic E-state index is 0.278. The van der Waals surface area contributed by atoms with Crippen molar-refractivity contribution in [1.82, 2.24) is 20.1 Å². The maximum absolute atomic E-state index is 13.0. The number of amides is 1. The molecule has 0 radical (unpaired) electrons. The van der Waals surface area contributed by atoms with Gasteiger partial charge in [0.25, 0.3) is 5.91 Å². The fraction of sp³-hybridized carbons (Fsp3) is 0.471. The number of rotatable bonds is 7. The van der Waals surface area contributed by atoms with Gasteiger partial charge < -0.3 is 14.6 Å². The van der Waals surface area contributed by atoms with Crippen molar-refractivity contribution in [2.75, 3.05) is 6.54 Å². The van der Waals surface area contributed by atoms with Crippen LogP contribution in [-0.4, -0.2) is 33.3 Å². The van der Waals surface area contributed by atoms with E-state index in [-0.39, 0.29) is 12.3 Å². The second kappa shape index (κ2) is 7.71. The lowest BCUT2D eigenvalue weighted by atomic mass is 10.2. The van der Waals surface area contributed by atoms with Crippen molar-refractivity contribution >= 4 is 18.1 Å². The second-order valence-electron chi connectivity index (χ2n) is 6.34. The van der Waals surface area contributed by atoms with Crippen molar-refractivity contribution in [3.05, 3.63) is 40.4 Å². The standard InChI is InChI=1S/C17H19F3N4O2S/c1-10(26-13-5-3-2-4-12(13)17(18,19)20)15(25)21-9-8-14-22-23-16(27)24(14)11-6-7-11/h2-5,10-11H,6-9H2,1H3,(H,21,25)(H,23,27). The Hall–Kier alpha value is -2.36. The topological polar surface area (TPSA) is 71.9 Å². The number of benzene rings is 1. The van der Waals surface area contributed by atoms with Gasteiger partial charge in [-0.3, -0.25) is 9.89 Å². The van der Waals surface area contributed by atoms with E-state index in [1.807, 2.05) is 4.57 Å². The van der Waals surface area contributed by atoms with Crippen LogP contribution in [0, 0.1) is 4.77 Å². The SMILES string of the molecule is CC(Oc1ccccc1C(F)(F)F)C(=O)NCCc1n[nH]c(=S)n1C1CC1. The van der Waals surface area contributed by atoms with Crippen LogP contribution >= 0.6 is 12.2 Å². The first-order chi connectivity index (χ1) is 12.8. The number of nitrogens with zero attached hydrogens (tertiary/aromatic N) is 2. The molecule has 2 N–H and O–H groups in total. The molecule has 3 rings (SSSR count). The van der Waals surface area contributed by atoms with Crippen LogP contribution in [0.2, 0.25) is 0 Å². The summed E-state index contributed by atoms with van der Waals surface area (Å²) in [5.74, 6) is -0.125. The summed E-state index contributed by atoms with van der Waals surface area (Å²) in [5.41, 5.74) is -0.912. The Labute approximate surface area is 158 Å². The smallest absolute Gasteiger partial charge is 0.419 e. The summed E-state index contributed by atoms with van der Waals surface area (Å²) in [6.07, 6.45) is -3.06. The van der Waals surface area contributed by atoms with Crippen molar-refractivity contribution < 1.29 is 22.7 Å². The summed E-state index contributed by atoms with van der Waals surface area (Å²) in [6.45, 7) is 1.68. The molecule has 1 atom stereocenters. The fourth-order valence-corrected chi connectivity index (χ4v) is 3.01. The lowest BCUT2D eigenvalue weighted by Gasteiger charge is -2.18. The molecule has 1 amide bonds. The van der Waals surface area contributed by atoms with Gasteiger partial charge in [0.15, 0.2) is 10.9 Å². The van der Waals surface area contributed by atoms with Crippen LogP contribution in [0.4, 0.5) is 13.2 Å². The van der Waals surface area contributed by atoms with Crippen molar-refractivity contribution in [3.63, 3.8) is 0 Å². The predicted octanol–water partition coefficient (Wildman–Crippen LogP) is 3.42. The number of carbonyl (C=O) groups excluding carboxylic acids is 1. The number of para-hydroxylation sites is 1. The number of alkyl halides is 3. The first-order valence-electron chi connectivity index (χ1n) is 8.53. The number of nitrogens with one attached hydrogen (secondary N) is 2. The number of hydrogen-bond acceptors (Lipinski definition) is 4. The highest BCUT2D eigenvalue weighted by molar-refractivity contribution is 7.71. The monoisotopic (exact) mass is 400 g/mol. The van der Waals surface area contributed by atoms with Gasteiger partial charge in [-0.25, -0.2) is 0 Å². The Morgan fingerprint density at radius 1 is 1.44 bits per heavy atom. The molecule has 10 heteroatoms. The molecule has 1 unspecified atom stereocenters. The first kappa shape index (κ1) is 19.4. The molecule has 27 heavy (non-hydrogen) atoms. The van der Waals surface area contributed by atoms with Crippen LogP contribution < -0.4 is 10.1 Å². The van der Waals surface area contributed by atoms with Gasteiger partial charge in [0, 0.05) is 19.0 Å². The molecule has 146 valence electrons. The minimum atomic E-state index is -4.55. The van der Waals surface area contributed by atoms with Crippen molar-refractivity contribution in [1.29, 1.82) is 0 Å². The van der Waals surface area contributed by atoms with Gasteiger partial charge in [0.2, 0.25) is 0 Å². The molecular weight excluding hydrogens is 381 g/mol. The molecule has 1 aromatic heterocycles. The molecule has 6 nitrogen and oxygen atoms in total. The molecular formula is C17H19F3N4O2S. The van der Waals surface area contributed by atoms with Crippen molar-refractivity contribution in [2.45, 2.75) is 44.5 Å². The van der Waals surface area contributed by atoms with E-state index >= 15 is 0 Å². The normalized spacial score (nSPS) is 15.4. The summed E-state index contributed by atoms with van der Waals surface area (Å²) in [4.78, 5) is 12.2. The Bertz CT molecular complexity index is 874. The van der Waals surface area contributed by atoms with E-state index in [1.54, 1.807) is 0 Å². The molecule has 0 aliphatic heterocycles. The zero-order valence-electron chi connectivity index (χ0n) is 14.5. The van der Waals surface area contributed by atoms with Crippen LogP contribution in [0.1, 0.15) is 37.2 Å². The van der Waals surface area contributed by atoms with E-state index in [9.17, 15) is 18.0 Å². The summed E-state index contributed by atoms with van der Waals surface area (Å²) in [7, 11) is 0. The van der Waals surface area contributed by atoms with E-state index in [0.29, 0.717) is 17.2 Å². The average molecular weight is 400 g/mol. The Kier molecular flexibility index (Phi) is 5.54. The van der Waals surface area contributed by atoms with E-state index < -0.39 is 23.8 Å².